The molecule has 1 aliphatic rings. The Balaban J connectivity index is 2.44. The van der Waals surface area contributed by atoms with Crippen LogP contribution >= 0.6 is 0 Å². The molecule has 1 aliphatic carbocycles. The highest BCUT2D eigenvalue weighted by Crippen LogP contribution is 2.40. The summed E-state index contributed by atoms with van der Waals surface area (Å²) < 4.78 is 85.9. The van der Waals surface area contributed by atoms with Gasteiger partial charge in [0.1, 0.15) is 11.9 Å². The summed E-state index contributed by atoms with van der Waals surface area (Å²) in [5.41, 5.74) is 4.68. The fourth-order valence-corrected chi connectivity index (χ4v) is 1.89. The predicted molar refractivity (Wildman–Crippen MR) is 71.6 cm³/mol. The normalized spacial score (nSPS) is 26.1. The summed E-state index contributed by atoms with van der Waals surface area (Å²) in [5, 5.41) is 11.3. The lowest BCUT2D eigenvalue weighted by atomic mass is 9.92. The molecule has 0 amide bonds. The average Bonchev–Trinajstić information content (AvgIpc) is 2.44. The van der Waals surface area contributed by atoms with Crippen molar-refractivity contribution in [2.24, 2.45) is 0 Å². The van der Waals surface area contributed by atoms with E-state index in [1.54, 1.807) is 0 Å². The van der Waals surface area contributed by atoms with Gasteiger partial charge in [0.15, 0.2) is 11.9 Å². The van der Waals surface area contributed by atoms with Gasteiger partial charge in [0.05, 0.1) is 1.37 Å². The molecule has 0 saturated heterocycles. The van der Waals surface area contributed by atoms with Gasteiger partial charge in [-0.15, -0.1) is 0 Å². The standard InChI is InChI=1S/C12H13F6N5O/c1-4(12(16,17)18)20-10-22-8(21-9(19)23-10)5-2-3-11(14,15)7(24)6(5)13/h4,7,24H,2-3H2,1H3,(H3,19,20,21,22,23)/t4-,7?/m1/s1/i7D. The van der Waals surface area contributed by atoms with E-state index in [9.17, 15) is 31.4 Å². The molecule has 1 aromatic heterocycles. The van der Waals surface area contributed by atoms with E-state index >= 15 is 0 Å². The Morgan fingerprint density at radius 1 is 1.38 bits per heavy atom. The van der Waals surface area contributed by atoms with Crippen LogP contribution in [0.1, 0.15) is 27.0 Å². The van der Waals surface area contributed by atoms with Crippen LogP contribution in [0, 0.1) is 0 Å². The number of allylic oxidation sites excluding steroid dienone is 1. The SMILES string of the molecule is [2H]C1(O)C(F)=C(c2nc(N)nc(N[C@H](C)C(F)(F)F)n2)CCC1(F)F. The van der Waals surface area contributed by atoms with E-state index in [1.807, 2.05) is 5.32 Å². The van der Waals surface area contributed by atoms with Crippen LogP contribution in [-0.2, 0) is 0 Å². The summed E-state index contributed by atoms with van der Waals surface area (Å²) in [5.74, 6) is -7.83. The van der Waals surface area contributed by atoms with Gasteiger partial charge in [0, 0.05) is 12.0 Å². The van der Waals surface area contributed by atoms with Gasteiger partial charge in [0.25, 0.3) is 5.92 Å². The van der Waals surface area contributed by atoms with Crippen molar-refractivity contribution < 1.29 is 32.8 Å². The van der Waals surface area contributed by atoms with Crippen molar-refractivity contribution in [3.63, 3.8) is 0 Å². The van der Waals surface area contributed by atoms with Gasteiger partial charge >= 0.3 is 6.18 Å². The minimum Gasteiger partial charge on any atom is -0.380 e. The number of hydrogen-bond acceptors (Lipinski definition) is 6. The minimum atomic E-state index is -4.64. The third-order valence-corrected chi connectivity index (χ3v) is 3.27. The molecule has 2 rings (SSSR count). The number of nitrogens with zero attached hydrogens (tertiary/aromatic N) is 3. The molecule has 0 spiro atoms. The molecular weight excluding hydrogens is 344 g/mol. The summed E-state index contributed by atoms with van der Waals surface area (Å²) in [7, 11) is 0. The number of aliphatic hydroxyl groups is 1. The Morgan fingerprint density at radius 2 is 2.00 bits per heavy atom. The maximum atomic E-state index is 14.1. The van der Waals surface area contributed by atoms with E-state index in [2.05, 4.69) is 15.0 Å². The van der Waals surface area contributed by atoms with Gasteiger partial charge in [-0.2, -0.15) is 28.1 Å². The summed E-state index contributed by atoms with van der Waals surface area (Å²) in [6, 6.07) is -2.08. The van der Waals surface area contributed by atoms with Crippen LogP contribution in [0.4, 0.5) is 38.2 Å². The number of hydrogen-bond donors (Lipinski definition) is 3. The number of alkyl halides is 5. The van der Waals surface area contributed by atoms with Crippen molar-refractivity contribution in [3.8, 4) is 0 Å². The largest absolute Gasteiger partial charge is 0.408 e. The van der Waals surface area contributed by atoms with E-state index in [4.69, 9.17) is 7.10 Å². The van der Waals surface area contributed by atoms with Crippen molar-refractivity contribution in [1.82, 2.24) is 15.0 Å². The molecule has 6 nitrogen and oxygen atoms in total. The molecular formula is C12H13F6N5O. The molecule has 0 saturated carbocycles. The van der Waals surface area contributed by atoms with Gasteiger partial charge in [0.2, 0.25) is 11.9 Å². The lowest BCUT2D eigenvalue weighted by Crippen LogP contribution is -2.37. The average molecular weight is 358 g/mol. The van der Waals surface area contributed by atoms with E-state index in [-0.39, 0.29) is 0 Å². The zero-order chi connectivity index (χ0) is 19.2. The third kappa shape index (κ3) is 3.68. The number of halogens is 6. The minimum absolute atomic E-state index is 0.590. The van der Waals surface area contributed by atoms with E-state index < -0.39 is 66.2 Å². The molecule has 1 heterocycles. The van der Waals surface area contributed by atoms with Crippen LogP contribution in [-0.4, -0.2) is 44.3 Å². The molecule has 12 heteroatoms. The van der Waals surface area contributed by atoms with Gasteiger partial charge < -0.3 is 16.2 Å². The summed E-state index contributed by atoms with van der Waals surface area (Å²) >= 11 is 0. The molecule has 0 radical (unpaired) electrons. The van der Waals surface area contributed by atoms with Gasteiger partial charge in [-0.3, -0.25) is 0 Å². The number of nitrogen functional groups attached to an aromatic ring is 1. The molecule has 4 N–H and O–H groups in total. The second-order valence-electron chi connectivity index (χ2n) is 5.09. The number of rotatable bonds is 3. The molecule has 2 atom stereocenters. The Kier molecular flexibility index (Phi) is 4.24. The van der Waals surface area contributed by atoms with Crippen molar-refractivity contribution in [2.45, 2.75) is 44.0 Å². The molecule has 0 bridgehead atoms. The van der Waals surface area contributed by atoms with Crippen LogP contribution in [0.25, 0.3) is 5.57 Å². The van der Waals surface area contributed by atoms with E-state index in [0.717, 1.165) is 6.92 Å². The van der Waals surface area contributed by atoms with Crippen LogP contribution in [0.3, 0.4) is 0 Å². The number of nitrogens with one attached hydrogen (secondary N) is 1. The lowest BCUT2D eigenvalue weighted by Gasteiger charge is -2.27. The molecule has 0 fully saturated rings. The fourth-order valence-electron chi connectivity index (χ4n) is 1.89. The summed E-state index contributed by atoms with van der Waals surface area (Å²) in [6.45, 7) is 0.767. The van der Waals surface area contributed by atoms with Gasteiger partial charge in [-0.1, -0.05) is 0 Å². The van der Waals surface area contributed by atoms with Crippen LogP contribution < -0.4 is 11.1 Å². The van der Waals surface area contributed by atoms with E-state index in [0.29, 0.717) is 0 Å². The Morgan fingerprint density at radius 3 is 2.58 bits per heavy atom. The first-order valence-electron chi connectivity index (χ1n) is 7.10. The molecule has 1 aromatic rings. The highest BCUT2D eigenvalue weighted by Gasteiger charge is 2.46. The first kappa shape index (κ1) is 16.7. The quantitative estimate of drug-likeness (QED) is 0.718. The highest BCUT2D eigenvalue weighted by atomic mass is 19.4. The Hall–Kier alpha value is -2.11. The van der Waals surface area contributed by atoms with Crippen LogP contribution in [0.15, 0.2) is 5.83 Å². The summed E-state index contributed by atoms with van der Waals surface area (Å²) in [4.78, 5) is 10.4. The molecule has 0 aromatic carbocycles. The maximum Gasteiger partial charge on any atom is 0.408 e. The first-order valence-corrected chi connectivity index (χ1v) is 6.60. The number of anilines is 2. The molecule has 0 aliphatic heterocycles. The van der Waals surface area contributed by atoms with Crippen molar-refractivity contribution in [1.29, 1.82) is 0 Å². The zero-order valence-electron chi connectivity index (χ0n) is 13.1. The Labute approximate surface area is 133 Å². The molecule has 1 unspecified atom stereocenters. The number of aromatic nitrogens is 3. The first-order chi connectivity index (χ1) is 11.3. The fraction of sp³-hybridized carbons (Fsp3) is 0.583. The van der Waals surface area contributed by atoms with Gasteiger partial charge in [-0.25, -0.2) is 13.2 Å². The zero-order valence-corrected chi connectivity index (χ0v) is 12.1. The van der Waals surface area contributed by atoms with Crippen molar-refractivity contribution in [3.05, 3.63) is 11.7 Å². The highest BCUT2D eigenvalue weighted by molar-refractivity contribution is 5.65. The van der Waals surface area contributed by atoms with Crippen molar-refractivity contribution >= 4 is 17.5 Å². The number of nitrogens with two attached hydrogens (primary N) is 1. The summed E-state index contributed by atoms with van der Waals surface area (Å²) in [6.07, 6.45) is -10.2. The second kappa shape index (κ2) is 6.07. The smallest absolute Gasteiger partial charge is 0.380 e. The lowest BCUT2D eigenvalue weighted by molar-refractivity contribution is -0.138. The van der Waals surface area contributed by atoms with Crippen molar-refractivity contribution in [2.75, 3.05) is 11.1 Å². The second-order valence-corrected chi connectivity index (χ2v) is 5.09. The van der Waals surface area contributed by atoms with Crippen LogP contribution in [0.5, 0.6) is 0 Å². The monoisotopic (exact) mass is 358 g/mol. The maximum absolute atomic E-state index is 14.1. The third-order valence-electron chi connectivity index (χ3n) is 3.27. The molecule has 134 valence electrons. The van der Waals surface area contributed by atoms with Gasteiger partial charge in [-0.05, 0) is 13.3 Å². The topological polar surface area (TPSA) is 97.0 Å². The Bertz CT molecular complexity index is 708. The van der Waals surface area contributed by atoms with Crippen LogP contribution in [0.2, 0.25) is 0 Å². The predicted octanol–water partition coefficient (Wildman–Crippen LogP) is 2.29. The van der Waals surface area contributed by atoms with E-state index in [1.165, 1.54) is 0 Å². The molecule has 24 heavy (non-hydrogen) atoms.